The van der Waals surface area contributed by atoms with E-state index in [1.54, 1.807) is 12.1 Å². The number of rotatable bonds is 12. The van der Waals surface area contributed by atoms with E-state index in [1.807, 2.05) is 24.8 Å². The second-order valence-electron chi connectivity index (χ2n) is 8.65. The SMILES string of the molecule is CCCOC(=O)CCCN1C(=O)/C(=C\c2cc(Br)c(OCC(=O)N3CCCCC3)c(OCC)c2)SC1=S. The average Bonchev–Trinajstić information content (AvgIpc) is 3.14. The molecule has 1 aromatic carbocycles. The van der Waals surface area contributed by atoms with Crippen LogP contribution in [0.15, 0.2) is 21.5 Å². The summed E-state index contributed by atoms with van der Waals surface area (Å²) in [5.41, 5.74) is 0.730. The van der Waals surface area contributed by atoms with E-state index in [0.717, 1.165) is 44.3 Å². The number of thiocarbonyl (C=S) groups is 1. The number of halogens is 1. The molecule has 1 aromatic rings. The van der Waals surface area contributed by atoms with Gasteiger partial charge in [0.2, 0.25) is 0 Å². The minimum absolute atomic E-state index is 0.0413. The molecule has 0 bridgehead atoms. The first-order valence-electron chi connectivity index (χ1n) is 12.6. The molecular weight excluding hydrogens is 580 g/mol. The van der Waals surface area contributed by atoms with Crippen molar-refractivity contribution in [3.05, 3.63) is 27.1 Å². The molecule has 0 N–H and O–H groups in total. The summed E-state index contributed by atoms with van der Waals surface area (Å²) in [5, 5.41) is 0. The third-order valence-electron chi connectivity index (χ3n) is 5.78. The molecule has 2 amide bonds. The summed E-state index contributed by atoms with van der Waals surface area (Å²) in [6.07, 6.45) is 6.44. The topological polar surface area (TPSA) is 85.4 Å². The molecule has 0 aliphatic carbocycles. The lowest BCUT2D eigenvalue weighted by atomic mass is 10.1. The fraction of sp³-hybridized carbons (Fsp3) is 0.538. The van der Waals surface area contributed by atoms with E-state index >= 15 is 0 Å². The van der Waals surface area contributed by atoms with Crippen LogP contribution in [0.25, 0.3) is 6.08 Å². The Morgan fingerprint density at radius 3 is 2.62 bits per heavy atom. The Balaban J connectivity index is 1.66. The highest BCUT2D eigenvalue weighted by Gasteiger charge is 2.32. The van der Waals surface area contributed by atoms with E-state index in [2.05, 4.69) is 15.9 Å². The van der Waals surface area contributed by atoms with E-state index in [1.165, 1.54) is 16.7 Å². The molecule has 2 fully saturated rings. The van der Waals surface area contributed by atoms with Crippen LogP contribution in [0.5, 0.6) is 11.5 Å². The zero-order chi connectivity index (χ0) is 26.8. The standard InChI is InChI=1S/C26H33BrN2O6S2/c1-3-13-34-23(31)9-8-12-29-25(32)21(37-26(29)36)16-18-14-19(27)24(20(15-18)33-4-2)35-17-22(30)28-10-6-5-7-11-28/h14-16H,3-13,17H2,1-2H3/b21-16+. The molecule has 2 aliphatic heterocycles. The van der Waals surface area contributed by atoms with Gasteiger partial charge in [-0.25, -0.2) is 0 Å². The zero-order valence-electron chi connectivity index (χ0n) is 21.3. The molecule has 0 spiro atoms. The van der Waals surface area contributed by atoms with Crippen LogP contribution in [0.4, 0.5) is 0 Å². The molecule has 0 radical (unpaired) electrons. The minimum Gasteiger partial charge on any atom is -0.490 e. The largest absolute Gasteiger partial charge is 0.490 e. The smallest absolute Gasteiger partial charge is 0.305 e. The number of ether oxygens (including phenoxy) is 3. The summed E-state index contributed by atoms with van der Waals surface area (Å²) in [5.74, 6) is 0.428. The molecule has 202 valence electrons. The number of carbonyl (C=O) groups excluding carboxylic acids is 3. The number of benzene rings is 1. The molecule has 0 unspecified atom stereocenters. The van der Waals surface area contributed by atoms with Crippen LogP contribution in [-0.2, 0) is 19.1 Å². The van der Waals surface area contributed by atoms with E-state index in [-0.39, 0.29) is 30.8 Å². The predicted octanol–water partition coefficient (Wildman–Crippen LogP) is 5.17. The Kier molecular flexibility index (Phi) is 11.7. The van der Waals surface area contributed by atoms with Crippen LogP contribution in [0.2, 0.25) is 0 Å². The number of esters is 1. The third kappa shape index (κ3) is 8.44. The molecule has 0 aromatic heterocycles. The van der Waals surface area contributed by atoms with Crippen LogP contribution in [0.1, 0.15) is 57.9 Å². The van der Waals surface area contributed by atoms with Gasteiger partial charge >= 0.3 is 5.97 Å². The summed E-state index contributed by atoms with van der Waals surface area (Å²) in [4.78, 5) is 41.1. The van der Waals surface area contributed by atoms with Crippen molar-refractivity contribution < 1.29 is 28.6 Å². The van der Waals surface area contributed by atoms with Gasteiger partial charge in [-0.2, -0.15) is 0 Å². The van der Waals surface area contributed by atoms with Crippen LogP contribution in [0, 0.1) is 0 Å². The normalized spacial score (nSPS) is 16.9. The van der Waals surface area contributed by atoms with Gasteiger partial charge in [0.1, 0.15) is 4.32 Å². The van der Waals surface area contributed by atoms with Gasteiger partial charge in [-0.05, 0) is 78.7 Å². The number of thioether (sulfide) groups is 1. The van der Waals surface area contributed by atoms with Crippen molar-refractivity contribution in [1.29, 1.82) is 0 Å². The molecule has 0 atom stereocenters. The van der Waals surface area contributed by atoms with Gasteiger partial charge in [0.25, 0.3) is 11.8 Å². The Labute approximate surface area is 236 Å². The average molecular weight is 614 g/mol. The van der Waals surface area contributed by atoms with Gasteiger partial charge in [0.05, 0.1) is 22.6 Å². The first-order valence-corrected chi connectivity index (χ1v) is 14.6. The molecule has 2 heterocycles. The molecule has 37 heavy (non-hydrogen) atoms. The first kappa shape index (κ1) is 29.4. The van der Waals surface area contributed by atoms with E-state index < -0.39 is 0 Å². The van der Waals surface area contributed by atoms with Crippen LogP contribution >= 0.6 is 39.9 Å². The lowest BCUT2D eigenvalue weighted by Crippen LogP contribution is -2.38. The Bertz CT molecular complexity index is 1040. The Morgan fingerprint density at radius 1 is 1.16 bits per heavy atom. The maximum atomic E-state index is 13.0. The van der Waals surface area contributed by atoms with Gasteiger partial charge < -0.3 is 19.1 Å². The minimum atomic E-state index is -0.268. The van der Waals surface area contributed by atoms with Gasteiger partial charge in [0, 0.05) is 26.1 Å². The summed E-state index contributed by atoms with van der Waals surface area (Å²) < 4.78 is 17.8. The molecule has 2 saturated heterocycles. The first-order chi connectivity index (χ1) is 17.8. The highest BCUT2D eigenvalue weighted by molar-refractivity contribution is 9.10. The van der Waals surface area contributed by atoms with Crippen molar-refractivity contribution in [1.82, 2.24) is 9.80 Å². The van der Waals surface area contributed by atoms with Gasteiger partial charge in [-0.15, -0.1) is 0 Å². The maximum Gasteiger partial charge on any atom is 0.305 e. The number of carbonyl (C=O) groups is 3. The predicted molar refractivity (Wildman–Crippen MR) is 152 cm³/mol. The van der Waals surface area contributed by atoms with E-state index in [0.29, 0.717) is 51.4 Å². The Hall–Kier alpha value is -2.11. The van der Waals surface area contributed by atoms with Crippen molar-refractivity contribution in [2.45, 2.75) is 52.4 Å². The lowest BCUT2D eigenvalue weighted by molar-refractivity contribution is -0.144. The van der Waals surface area contributed by atoms with Crippen molar-refractivity contribution in [3.8, 4) is 11.5 Å². The molecular formula is C26H33BrN2O6S2. The summed E-state index contributed by atoms with van der Waals surface area (Å²) in [7, 11) is 0. The van der Waals surface area contributed by atoms with Crippen molar-refractivity contribution in [2.24, 2.45) is 0 Å². The molecule has 0 saturated carbocycles. The van der Waals surface area contributed by atoms with Crippen LogP contribution < -0.4 is 9.47 Å². The molecule has 3 rings (SSSR count). The fourth-order valence-corrected chi connectivity index (χ4v) is 5.84. The highest BCUT2D eigenvalue weighted by Crippen LogP contribution is 2.39. The number of piperidine rings is 1. The van der Waals surface area contributed by atoms with Crippen molar-refractivity contribution in [2.75, 3.05) is 39.5 Å². The second-order valence-corrected chi connectivity index (χ2v) is 11.2. The summed E-state index contributed by atoms with van der Waals surface area (Å²) in [6.45, 7) is 6.44. The van der Waals surface area contributed by atoms with E-state index in [9.17, 15) is 14.4 Å². The fourth-order valence-electron chi connectivity index (χ4n) is 3.96. The maximum absolute atomic E-state index is 13.0. The lowest BCUT2D eigenvalue weighted by Gasteiger charge is -2.26. The van der Waals surface area contributed by atoms with Crippen molar-refractivity contribution in [3.63, 3.8) is 0 Å². The zero-order valence-corrected chi connectivity index (χ0v) is 24.5. The third-order valence-corrected chi connectivity index (χ3v) is 7.75. The number of amides is 2. The molecule has 2 aliphatic rings. The molecule has 8 nitrogen and oxygen atoms in total. The highest BCUT2D eigenvalue weighted by atomic mass is 79.9. The van der Waals surface area contributed by atoms with E-state index in [4.69, 9.17) is 26.4 Å². The van der Waals surface area contributed by atoms with Crippen LogP contribution in [-0.4, -0.2) is 71.4 Å². The second kappa shape index (κ2) is 14.7. The van der Waals surface area contributed by atoms with Gasteiger partial charge in [-0.1, -0.05) is 30.9 Å². The quantitative estimate of drug-likeness (QED) is 0.181. The monoisotopic (exact) mass is 612 g/mol. The van der Waals surface area contributed by atoms with Crippen molar-refractivity contribution >= 4 is 68.1 Å². The Morgan fingerprint density at radius 2 is 1.92 bits per heavy atom. The number of hydrogen-bond acceptors (Lipinski definition) is 8. The van der Waals surface area contributed by atoms with Gasteiger partial charge in [0.15, 0.2) is 18.1 Å². The molecule has 11 heteroatoms. The van der Waals surface area contributed by atoms with Gasteiger partial charge in [-0.3, -0.25) is 19.3 Å². The van der Waals surface area contributed by atoms with Crippen LogP contribution in [0.3, 0.4) is 0 Å². The summed E-state index contributed by atoms with van der Waals surface area (Å²) in [6, 6.07) is 3.60. The number of hydrogen-bond donors (Lipinski definition) is 0. The summed E-state index contributed by atoms with van der Waals surface area (Å²) >= 11 is 10.2. The number of nitrogens with zero attached hydrogens (tertiary/aromatic N) is 2. The number of likely N-dealkylation sites (tertiary alicyclic amines) is 1.